The van der Waals surface area contributed by atoms with Crippen LogP contribution in [0.25, 0.3) is 67.1 Å². The maximum Gasteiger partial charge on any atom is 0.160 e. The monoisotopic (exact) mass is 515 g/mol. The Hall–Kier alpha value is -5.29. The number of benzene rings is 3. The summed E-state index contributed by atoms with van der Waals surface area (Å²) in [5, 5.41) is 2.20. The van der Waals surface area contributed by atoms with Crippen LogP contribution in [-0.2, 0) is 0 Å². The zero-order chi connectivity index (χ0) is 27.1. The summed E-state index contributed by atoms with van der Waals surface area (Å²) in [6, 6.07) is 36.8. The number of pyridine rings is 3. The fourth-order valence-electron chi connectivity index (χ4n) is 5.16. The molecule has 0 aliphatic heterocycles. The molecule has 0 fully saturated rings. The second kappa shape index (κ2) is 9.79. The normalized spacial score (nSPS) is 11.2. The third kappa shape index (κ3) is 4.37. The van der Waals surface area contributed by atoms with Crippen molar-refractivity contribution >= 4 is 21.8 Å². The van der Waals surface area contributed by atoms with Crippen molar-refractivity contribution in [3.8, 4) is 45.3 Å². The number of hydrogen-bond acceptors (Lipinski definition) is 5. The van der Waals surface area contributed by atoms with Crippen molar-refractivity contribution < 1.29 is 0 Å². The molecule has 7 aromatic rings. The summed E-state index contributed by atoms with van der Waals surface area (Å²) in [5.41, 5.74) is 10.3. The predicted octanol–water partition coefficient (Wildman–Crippen LogP) is 8.25. The maximum absolute atomic E-state index is 5.11. The van der Waals surface area contributed by atoms with Gasteiger partial charge in [0.2, 0.25) is 0 Å². The van der Waals surface area contributed by atoms with E-state index in [0.29, 0.717) is 5.82 Å². The van der Waals surface area contributed by atoms with Crippen molar-refractivity contribution in [3.63, 3.8) is 0 Å². The molecule has 0 N–H and O–H groups in total. The fraction of sp³-hybridized carbons (Fsp3) is 0.0571. The molecule has 7 rings (SSSR count). The highest BCUT2D eigenvalue weighted by molar-refractivity contribution is 6.04. The summed E-state index contributed by atoms with van der Waals surface area (Å²) >= 11 is 0. The van der Waals surface area contributed by atoms with Crippen molar-refractivity contribution in [2.24, 2.45) is 0 Å². The molecule has 0 bridgehead atoms. The van der Waals surface area contributed by atoms with Gasteiger partial charge in [0.1, 0.15) is 0 Å². The van der Waals surface area contributed by atoms with E-state index in [9.17, 15) is 0 Å². The van der Waals surface area contributed by atoms with Gasteiger partial charge in [0.15, 0.2) is 5.82 Å². The summed E-state index contributed by atoms with van der Waals surface area (Å²) in [4.78, 5) is 24.4. The highest BCUT2D eigenvalue weighted by atomic mass is 14.9. The third-order valence-corrected chi connectivity index (χ3v) is 7.11. The summed E-state index contributed by atoms with van der Waals surface area (Å²) in [6.07, 6.45) is 1.78. The Bertz CT molecular complexity index is 1960. The number of aryl methyl sites for hydroxylation is 2. The number of aromatic nitrogens is 5. The molecule has 0 aliphatic rings. The molecule has 0 atom stereocenters. The van der Waals surface area contributed by atoms with Gasteiger partial charge in [-0.1, -0.05) is 72.8 Å². The number of fused-ring (bicyclic) bond motifs is 3. The van der Waals surface area contributed by atoms with Gasteiger partial charge in [-0.15, -0.1) is 0 Å². The molecule has 0 radical (unpaired) electrons. The highest BCUT2D eigenvalue weighted by Gasteiger charge is 2.13. The van der Waals surface area contributed by atoms with Crippen molar-refractivity contribution in [1.29, 1.82) is 0 Å². The smallest absolute Gasteiger partial charge is 0.160 e. The topological polar surface area (TPSA) is 64.5 Å². The van der Waals surface area contributed by atoms with Crippen LogP contribution in [0.4, 0.5) is 0 Å². The first-order chi connectivity index (χ1) is 19.6. The van der Waals surface area contributed by atoms with E-state index in [1.54, 1.807) is 6.20 Å². The summed E-state index contributed by atoms with van der Waals surface area (Å²) in [6.45, 7) is 4.15. The lowest BCUT2D eigenvalue weighted by Crippen LogP contribution is -1.97. The summed E-state index contributed by atoms with van der Waals surface area (Å²) in [7, 11) is 0. The van der Waals surface area contributed by atoms with Crippen LogP contribution in [-0.4, -0.2) is 24.9 Å². The second-order valence-corrected chi connectivity index (χ2v) is 9.93. The Kier molecular flexibility index (Phi) is 5.82. The van der Waals surface area contributed by atoms with E-state index < -0.39 is 0 Å². The molecular formula is C35H25N5. The van der Waals surface area contributed by atoms with Crippen LogP contribution in [0.2, 0.25) is 0 Å². The number of hydrogen-bond donors (Lipinski definition) is 0. The average molecular weight is 516 g/mol. The van der Waals surface area contributed by atoms with Crippen LogP contribution in [0.3, 0.4) is 0 Å². The van der Waals surface area contributed by atoms with Gasteiger partial charge in [0, 0.05) is 39.4 Å². The minimum absolute atomic E-state index is 0.642. The van der Waals surface area contributed by atoms with Crippen LogP contribution in [0.5, 0.6) is 0 Å². The Balaban J connectivity index is 1.37. The molecule has 0 unspecified atom stereocenters. The minimum atomic E-state index is 0.642. The van der Waals surface area contributed by atoms with Crippen molar-refractivity contribution in [3.05, 3.63) is 127 Å². The lowest BCUT2D eigenvalue weighted by Gasteiger charge is -2.11. The molecule has 4 heterocycles. The summed E-state index contributed by atoms with van der Waals surface area (Å²) < 4.78 is 0. The Labute approximate surface area is 232 Å². The van der Waals surface area contributed by atoms with Gasteiger partial charge in [-0.25, -0.2) is 15.0 Å². The van der Waals surface area contributed by atoms with E-state index in [1.807, 2.05) is 61.5 Å². The van der Waals surface area contributed by atoms with E-state index in [1.165, 1.54) is 5.56 Å². The van der Waals surface area contributed by atoms with E-state index in [2.05, 4.69) is 66.5 Å². The standard InChI is InChI=1S/C35H25N5/c1-22-19-23(2)37-34-28(22)16-14-25-15-17-29(38-33(25)34)26-11-8-12-27(20-26)35-39-31(24-9-4-3-5-10-24)21-32(40-35)30-13-6-7-18-36-30/h3-21H,1-2H3. The van der Waals surface area contributed by atoms with E-state index in [-0.39, 0.29) is 0 Å². The van der Waals surface area contributed by atoms with Crippen LogP contribution in [0.1, 0.15) is 11.3 Å². The van der Waals surface area contributed by atoms with Gasteiger partial charge in [-0.05, 0) is 55.8 Å². The molecule has 4 aromatic heterocycles. The molecule has 5 nitrogen and oxygen atoms in total. The van der Waals surface area contributed by atoms with E-state index in [0.717, 1.165) is 67.0 Å². The number of nitrogens with zero attached hydrogens (tertiary/aromatic N) is 5. The van der Waals surface area contributed by atoms with Crippen molar-refractivity contribution in [2.75, 3.05) is 0 Å². The fourth-order valence-corrected chi connectivity index (χ4v) is 5.16. The minimum Gasteiger partial charge on any atom is -0.255 e. The first-order valence-electron chi connectivity index (χ1n) is 13.3. The van der Waals surface area contributed by atoms with Crippen LogP contribution in [0, 0.1) is 13.8 Å². The molecule has 5 heteroatoms. The molecule has 0 spiro atoms. The van der Waals surface area contributed by atoms with Gasteiger partial charge in [-0.3, -0.25) is 9.97 Å². The molecule has 190 valence electrons. The average Bonchev–Trinajstić information content (AvgIpc) is 3.01. The highest BCUT2D eigenvalue weighted by Crippen LogP contribution is 2.31. The molecule has 0 saturated carbocycles. The predicted molar refractivity (Wildman–Crippen MR) is 162 cm³/mol. The second-order valence-electron chi connectivity index (χ2n) is 9.93. The summed E-state index contributed by atoms with van der Waals surface area (Å²) in [5.74, 6) is 0.642. The van der Waals surface area contributed by atoms with Crippen molar-refractivity contribution in [1.82, 2.24) is 24.9 Å². The van der Waals surface area contributed by atoms with Gasteiger partial charge >= 0.3 is 0 Å². The van der Waals surface area contributed by atoms with Crippen LogP contribution < -0.4 is 0 Å². The van der Waals surface area contributed by atoms with Crippen LogP contribution >= 0.6 is 0 Å². The van der Waals surface area contributed by atoms with Crippen LogP contribution in [0.15, 0.2) is 115 Å². The molecule has 40 heavy (non-hydrogen) atoms. The SMILES string of the molecule is Cc1cc(C)c2ccc3ccc(-c4cccc(-c5nc(-c6ccccc6)cc(-c6ccccn6)n5)c4)nc3c2n1. The van der Waals surface area contributed by atoms with Gasteiger partial charge in [0.05, 0.1) is 33.8 Å². The first-order valence-corrected chi connectivity index (χ1v) is 13.3. The Morgan fingerprint density at radius 3 is 2.10 bits per heavy atom. The Morgan fingerprint density at radius 1 is 0.475 bits per heavy atom. The van der Waals surface area contributed by atoms with Gasteiger partial charge in [0.25, 0.3) is 0 Å². The molecule has 0 aliphatic carbocycles. The largest absolute Gasteiger partial charge is 0.255 e. The zero-order valence-electron chi connectivity index (χ0n) is 22.2. The van der Waals surface area contributed by atoms with Crippen molar-refractivity contribution in [2.45, 2.75) is 13.8 Å². The lowest BCUT2D eigenvalue weighted by molar-refractivity contribution is 1.16. The third-order valence-electron chi connectivity index (χ3n) is 7.11. The Morgan fingerprint density at radius 2 is 1.25 bits per heavy atom. The van der Waals surface area contributed by atoms with E-state index in [4.69, 9.17) is 19.9 Å². The van der Waals surface area contributed by atoms with Gasteiger partial charge < -0.3 is 0 Å². The number of rotatable bonds is 4. The molecule has 0 saturated heterocycles. The lowest BCUT2D eigenvalue weighted by atomic mass is 10.0. The van der Waals surface area contributed by atoms with Gasteiger partial charge in [-0.2, -0.15) is 0 Å². The first kappa shape index (κ1) is 23.8. The zero-order valence-corrected chi connectivity index (χ0v) is 22.2. The molecule has 3 aromatic carbocycles. The molecule has 0 amide bonds. The van der Waals surface area contributed by atoms with E-state index >= 15 is 0 Å². The quantitative estimate of drug-likeness (QED) is 0.221. The molecular weight excluding hydrogens is 490 g/mol. The maximum atomic E-state index is 5.11.